The van der Waals surface area contributed by atoms with Gasteiger partial charge in [0.05, 0.1) is 11.8 Å². The Balaban J connectivity index is 1.85. The molecule has 0 saturated carbocycles. The molecule has 7 heteroatoms. The summed E-state index contributed by atoms with van der Waals surface area (Å²) in [6, 6.07) is 7.50. The van der Waals surface area contributed by atoms with E-state index in [2.05, 4.69) is 0 Å². The van der Waals surface area contributed by atoms with Crippen molar-refractivity contribution < 1.29 is 28.6 Å². The second-order valence-electron chi connectivity index (χ2n) is 7.47. The Hall–Kier alpha value is -3.22. The summed E-state index contributed by atoms with van der Waals surface area (Å²) in [6.07, 6.45) is 1.46. The van der Waals surface area contributed by atoms with E-state index in [0.29, 0.717) is 22.9 Å². The molecule has 2 aromatic rings. The van der Waals surface area contributed by atoms with Crippen LogP contribution in [0, 0.1) is 5.41 Å². The molecule has 140 valence electrons. The molecular formula is C20H19NO6. The van der Waals surface area contributed by atoms with E-state index in [9.17, 15) is 14.7 Å². The maximum absolute atomic E-state index is 13.0. The van der Waals surface area contributed by atoms with Gasteiger partial charge >= 0.3 is 0 Å². The minimum absolute atomic E-state index is 0.0279. The lowest BCUT2D eigenvalue weighted by Crippen LogP contribution is -2.32. The van der Waals surface area contributed by atoms with Gasteiger partial charge in [-0.15, -0.1) is 0 Å². The number of hydrogen-bond acceptors (Lipinski definition) is 6. The Bertz CT molecular complexity index is 951. The number of ether oxygens (including phenoxy) is 2. The van der Waals surface area contributed by atoms with E-state index < -0.39 is 23.1 Å². The first kappa shape index (κ1) is 17.2. The number of rotatable bonds is 3. The molecule has 1 atom stereocenters. The number of anilines is 1. The number of benzene rings is 1. The predicted octanol–water partition coefficient (Wildman–Crippen LogP) is 3.52. The lowest BCUT2D eigenvalue weighted by atomic mass is 9.83. The van der Waals surface area contributed by atoms with E-state index in [1.54, 1.807) is 51.1 Å². The first-order chi connectivity index (χ1) is 12.8. The minimum Gasteiger partial charge on any atom is -0.503 e. The van der Waals surface area contributed by atoms with Crippen molar-refractivity contribution in [2.45, 2.75) is 26.8 Å². The standard InChI is InChI=1S/C20H19NO6/c1-20(2,3)18(23)15-16(13-5-4-8-25-13)21(19(24)17(15)22)11-6-7-12-14(9-11)27-10-26-12/h4-9,16,22H,10H2,1-3H3. The number of aliphatic hydroxyl groups excluding tert-OH is 1. The molecule has 27 heavy (non-hydrogen) atoms. The van der Waals surface area contributed by atoms with E-state index in [1.165, 1.54) is 11.2 Å². The summed E-state index contributed by atoms with van der Waals surface area (Å²) in [6.45, 7) is 5.32. The van der Waals surface area contributed by atoms with E-state index in [-0.39, 0.29) is 18.1 Å². The first-order valence-electron chi connectivity index (χ1n) is 8.53. The molecule has 0 fully saturated rings. The molecule has 7 nitrogen and oxygen atoms in total. The van der Waals surface area contributed by atoms with Gasteiger partial charge in [-0.3, -0.25) is 14.5 Å². The highest BCUT2D eigenvalue weighted by atomic mass is 16.7. The third-order valence-electron chi connectivity index (χ3n) is 4.58. The number of ketones is 1. The molecule has 0 saturated heterocycles. The van der Waals surface area contributed by atoms with Crippen LogP contribution < -0.4 is 14.4 Å². The Kier molecular flexibility index (Phi) is 3.76. The molecule has 0 radical (unpaired) electrons. The number of Topliss-reactive ketones (excluding diaryl/α,β-unsaturated/α-hetero) is 1. The molecule has 1 unspecified atom stereocenters. The fourth-order valence-electron chi connectivity index (χ4n) is 3.26. The number of carbonyl (C=O) groups is 2. The average Bonchev–Trinajstić information content (AvgIpc) is 3.33. The van der Waals surface area contributed by atoms with Crippen LogP contribution in [-0.2, 0) is 9.59 Å². The minimum atomic E-state index is -0.861. The molecule has 1 aromatic heterocycles. The van der Waals surface area contributed by atoms with E-state index in [0.717, 1.165) is 0 Å². The molecule has 3 heterocycles. The van der Waals surface area contributed by atoms with E-state index in [1.807, 2.05) is 0 Å². The number of furan rings is 1. The quantitative estimate of drug-likeness (QED) is 0.890. The highest BCUT2D eigenvalue weighted by molar-refractivity contribution is 6.17. The van der Waals surface area contributed by atoms with Crippen LogP contribution in [0.1, 0.15) is 32.6 Å². The smallest absolute Gasteiger partial charge is 0.294 e. The molecule has 2 aliphatic heterocycles. The molecule has 0 spiro atoms. The lowest BCUT2D eigenvalue weighted by molar-refractivity contribution is -0.123. The molecule has 1 N–H and O–H groups in total. The van der Waals surface area contributed by atoms with Crippen molar-refractivity contribution in [3.63, 3.8) is 0 Å². The summed E-state index contributed by atoms with van der Waals surface area (Å²) in [7, 11) is 0. The van der Waals surface area contributed by atoms with Crippen LogP contribution in [0.3, 0.4) is 0 Å². The maximum atomic E-state index is 13.0. The fraction of sp³-hybridized carbons (Fsp3) is 0.300. The Labute approximate surface area is 155 Å². The summed E-state index contributed by atoms with van der Waals surface area (Å²) < 4.78 is 16.2. The average molecular weight is 369 g/mol. The van der Waals surface area contributed by atoms with E-state index >= 15 is 0 Å². The van der Waals surface area contributed by atoms with Gasteiger partial charge in [0.15, 0.2) is 23.0 Å². The SMILES string of the molecule is CC(C)(C)C(=O)C1=C(O)C(=O)N(c2ccc3c(c2)OCO3)C1c1ccco1. The number of aliphatic hydroxyl groups is 1. The lowest BCUT2D eigenvalue weighted by Gasteiger charge is -2.27. The van der Waals surface area contributed by atoms with Gasteiger partial charge in [-0.25, -0.2) is 0 Å². The number of carbonyl (C=O) groups excluding carboxylic acids is 2. The van der Waals surface area contributed by atoms with Crippen molar-refractivity contribution in [1.29, 1.82) is 0 Å². The van der Waals surface area contributed by atoms with Crippen molar-refractivity contribution >= 4 is 17.4 Å². The van der Waals surface area contributed by atoms with E-state index in [4.69, 9.17) is 13.9 Å². The number of fused-ring (bicyclic) bond motifs is 1. The molecule has 0 aliphatic carbocycles. The Morgan fingerprint density at radius 1 is 1.19 bits per heavy atom. The first-order valence-corrected chi connectivity index (χ1v) is 8.53. The maximum Gasteiger partial charge on any atom is 0.294 e. The van der Waals surface area contributed by atoms with Gasteiger partial charge in [-0.05, 0) is 24.3 Å². The van der Waals surface area contributed by atoms with Gasteiger partial charge in [-0.1, -0.05) is 20.8 Å². The van der Waals surface area contributed by atoms with Crippen molar-refractivity contribution in [1.82, 2.24) is 0 Å². The molecule has 0 bridgehead atoms. The van der Waals surface area contributed by atoms with Gasteiger partial charge in [0.1, 0.15) is 11.8 Å². The fourth-order valence-corrected chi connectivity index (χ4v) is 3.26. The van der Waals surface area contributed by atoms with Gasteiger partial charge in [0.25, 0.3) is 5.91 Å². The van der Waals surface area contributed by atoms with Crippen LogP contribution >= 0.6 is 0 Å². The Morgan fingerprint density at radius 2 is 1.93 bits per heavy atom. The second kappa shape index (κ2) is 5.90. The van der Waals surface area contributed by atoms with Gasteiger partial charge in [-0.2, -0.15) is 0 Å². The largest absolute Gasteiger partial charge is 0.503 e. The zero-order valence-corrected chi connectivity index (χ0v) is 15.2. The van der Waals surface area contributed by atoms with Crippen molar-refractivity contribution in [3.05, 3.63) is 53.7 Å². The van der Waals surface area contributed by atoms with Crippen LogP contribution in [0.4, 0.5) is 5.69 Å². The van der Waals surface area contributed by atoms with Gasteiger partial charge in [0.2, 0.25) is 6.79 Å². The zero-order chi connectivity index (χ0) is 19.3. The van der Waals surface area contributed by atoms with Crippen LogP contribution in [0.5, 0.6) is 11.5 Å². The summed E-state index contributed by atoms with van der Waals surface area (Å²) in [5.41, 5.74) is -0.284. The number of nitrogens with zero attached hydrogens (tertiary/aromatic N) is 1. The van der Waals surface area contributed by atoms with Crippen molar-refractivity contribution in [2.24, 2.45) is 5.41 Å². The summed E-state index contributed by atoms with van der Waals surface area (Å²) in [4.78, 5) is 27.3. The van der Waals surface area contributed by atoms with Gasteiger partial charge < -0.3 is 19.0 Å². The summed E-state index contributed by atoms with van der Waals surface area (Å²) >= 11 is 0. The third kappa shape index (κ3) is 2.66. The van der Waals surface area contributed by atoms with Crippen molar-refractivity contribution in [3.8, 4) is 11.5 Å². The second-order valence-corrected chi connectivity index (χ2v) is 7.47. The topological polar surface area (TPSA) is 89.2 Å². The molecule has 4 rings (SSSR count). The normalized spacial score (nSPS) is 19.1. The van der Waals surface area contributed by atoms with Crippen LogP contribution in [0.2, 0.25) is 0 Å². The van der Waals surface area contributed by atoms with Crippen molar-refractivity contribution in [2.75, 3.05) is 11.7 Å². The highest BCUT2D eigenvalue weighted by Crippen LogP contribution is 2.45. The molecular weight excluding hydrogens is 350 g/mol. The number of hydrogen-bond donors (Lipinski definition) is 1. The van der Waals surface area contributed by atoms with Crippen LogP contribution in [0.15, 0.2) is 52.3 Å². The van der Waals surface area contributed by atoms with Crippen LogP contribution in [0.25, 0.3) is 0 Å². The van der Waals surface area contributed by atoms with Gasteiger partial charge in [0, 0.05) is 17.2 Å². The molecule has 1 aromatic carbocycles. The predicted molar refractivity (Wildman–Crippen MR) is 95.6 cm³/mol. The summed E-state index contributed by atoms with van der Waals surface area (Å²) in [5.74, 6) is -0.0933. The molecule has 1 amide bonds. The molecule has 2 aliphatic rings. The number of amides is 1. The summed E-state index contributed by atoms with van der Waals surface area (Å²) in [5, 5.41) is 10.6. The van der Waals surface area contributed by atoms with Crippen LogP contribution in [-0.4, -0.2) is 23.6 Å². The monoisotopic (exact) mass is 369 g/mol. The Morgan fingerprint density at radius 3 is 2.59 bits per heavy atom. The third-order valence-corrected chi connectivity index (χ3v) is 4.58. The highest BCUT2D eigenvalue weighted by Gasteiger charge is 2.48. The zero-order valence-electron chi connectivity index (χ0n) is 15.2.